The predicted octanol–water partition coefficient (Wildman–Crippen LogP) is 3.25. The Balaban J connectivity index is 1.53. The summed E-state index contributed by atoms with van der Waals surface area (Å²) in [6.07, 6.45) is 6.33. The Morgan fingerprint density at radius 1 is 1.31 bits per heavy atom. The largest absolute Gasteiger partial charge is 0.343 e. The molecule has 0 radical (unpaired) electrons. The highest BCUT2D eigenvalue weighted by atomic mass is 16.2. The number of amides is 1. The van der Waals surface area contributed by atoms with Crippen molar-refractivity contribution in [1.29, 1.82) is 0 Å². The standard InChI is InChI=1S/C21H28N4O/c1-21(2)11-9-15-6-3-4-8-17(15)19(21)23-20(26)18-10-13-25(24-18)16-7-5-12-22-14-16/h3-4,6,8,10,13,16,19,22H,5,7,9,11-12,14H2,1-2H3,(H,23,26). The van der Waals surface area contributed by atoms with Crippen LogP contribution in [0, 0.1) is 5.41 Å². The maximum Gasteiger partial charge on any atom is 0.272 e. The van der Waals surface area contributed by atoms with Gasteiger partial charge in [-0.15, -0.1) is 0 Å². The number of nitrogens with one attached hydrogen (secondary N) is 2. The Labute approximate surface area is 155 Å². The van der Waals surface area contributed by atoms with Crippen LogP contribution in [0.2, 0.25) is 0 Å². The third-order valence-corrected chi connectivity index (χ3v) is 5.95. The van der Waals surface area contributed by atoms with E-state index in [0.29, 0.717) is 11.7 Å². The summed E-state index contributed by atoms with van der Waals surface area (Å²) in [4.78, 5) is 12.9. The van der Waals surface area contributed by atoms with Crippen LogP contribution < -0.4 is 10.6 Å². The first-order chi connectivity index (χ1) is 12.5. The van der Waals surface area contributed by atoms with Crippen molar-refractivity contribution in [3.8, 4) is 0 Å². The first kappa shape index (κ1) is 17.3. The van der Waals surface area contributed by atoms with E-state index in [0.717, 1.165) is 38.8 Å². The molecule has 4 rings (SSSR count). The van der Waals surface area contributed by atoms with E-state index < -0.39 is 0 Å². The lowest BCUT2D eigenvalue weighted by molar-refractivity contribution is 0.0874. The van der Waals surface area contributed by atoms with Crippen molar-refractivity contribution in [3.05, 3.63) is 53.3 Å². The normalized spacial score (nSPS) is 24.7. The zero-order chi connectivity index (χ0) is 18.1. The molecule has 2 unspecified atom stereocenters. The molecule has 2 N–H and O–H groups in total. The predicted molar refractivity (Wildman–Crippen MR) is 102 cm³/mol. The van der Waals surface area contributed by atoms with E-state index in [9.17, 15) is 4.79 Å². The van der Waals surface area contributed by atoms with Crippen molar-refractivity contribution in [1.82, 2.24) is 20.4 Å². The average Bonchev–Trinajstić information content (AvgIpc) is 3.15. The molecule has 0 spiro atoms. The summed E-state index contributed by atoms with van der Waals surface area (Å²) < 4.78 is 1.95. The third-order valence-electron chi connectivity index (χ3n) is 5.95. The molecule has 1 saturated heterocycles. The molecule has 0 bridgehead atoms. The Kier molecular flexibility index (Phi) is 4.57. The number of nitrogens with zero attached hydrogens (tertiary/aromatic N) is 2. The second-order valence-corrected chi connectivity index (χ2v) is 8.28. The Bertz CT molecular complexity index is 789. The monoisotopic (exact) mass is 352 g/mol. The number of fused-ring (bicyclic) bond motifs is 1. The van der Waals surface area contributed by atoms with Gasteiger partial charge in [-0.3, -0.25) is 9.48 Å². The summed E-state index contributed by atoms with van der Waals surface area (Å²) >= 11 is 0. The van der Waals surface area contributed by atoms with Crippen LogP contribution in [-0.4, -0.2) is 28.8 Å². The van der Waals surface area contributed by atoms with Gasteiger partial charge in [0.05, 0.1) is 12.1 Å². The average molecular weight is 352 g/mol. The van der Waals surface area contributed by atoms with Gasteiger partial charge in [0.2, 0.25) is 0 Å². The zero-order valence-corrected chi connectivity index (χ0v) is 15.7. The highest BCUT2D eigenvalue weighted by Crippen LogP contribution is 2.43. The third kappa shape index (κ3) is 3.28. The van der Waals surface area contributed by atoms with Crippen LogP contribution in [0.1, 0.15) is 66.8 Å². The van der Waals surface area contributed by atoms with Gasteiger partial charge in [-0.25, -0.2) is 0 Å². The topological polar surface area (TPSA) is 59.0 Å². The summed E-state index contributed by atoms with van der Waals surface area (Å²) in [5.74, 6) is -0.0812. The second kappa shape index (κ2) is 6.88. The van der Waals surface area contributed by atoms with E-state index >= 15 is 0 Å². The lowest BCUT2D eigenvalue weighted by atomic mass is 9.70. The summed E-state index contributed by atoms with van der Waals surface area (Å²) in [7, 11) is 0. The first-order valence-electron chi connectivity index (χ1n) is 9.69. The molecule has 1 aromatic carbocycles. The van der Waals surface area contributed by atoms with Crippen molar-refractivity contribution < 1.29 is 4.79 Å². The molecule has 2 aromatic rings. The van der Waals surface area contributed by atoms with Crippen LogP contribution in [-0.2, 0) is 6.42 Å². The number of benzene rings is 1. The maximum atomic E-state index is 12.9. The van der Waals surface area contributed by atoms with Gasteiger partial charge in [-0.2, -0.15) is 5.10 Å². The van der Waals surface area contributed by atoms with Gasteiger partial charge in [0, 0.05) is 12.7 Å². The summed E-state index contributed by atoms with van der Waals surface area (Å²) in [6.45, 7) is 6.47. The fourth-order valence-corrected chi connectivity index (χ4v) is 4.27. The number of aromatic nitrogens is 2. The minimum absolute atomic E-state index is 0.0152. The quantitative estimate of drug-likeness (QED) is 0.891. The number of rotatable bonds is 3. The lowest BCUT2D eigenvalue weighted by Crippen LogP contribution is -2.41. The van der Waals surface area contributed by atoms with E-state index in [1.54, 1.807) is 0 Å². The molecule has 1 aromatic heterocycles. The lowest BCUT2D eigenvalue weighted by Gasteiger charge is -2.40. The van der Waals surface area contributed by atoms with Gasteiger partial charge in [0.1, 0.15) is 5.69 Å². The minimum Gasteiger partial charge on any atom is -0.343 e. The van der Waals surface area contributed by atoms with Gasteiger partial charge in [0.25, 0.3) is 5.91 Å². The molecule has 138 valence electrons. The summed E-state index contributed by atoms with van der Waals surface area (Å²) in [5, 5.41) is 11.2. The second-order valence-electron chi connectivity index (χ2n) is 8.28. The molecule has 2 heterocycles. The summed E-state index contributed by atoms with van der Waals surface area (Å²) in [6, 6.07) is 10.7. The highest BCUT2D eigenvalue weighted by molar-refractivity contribution is 5.92. The molecule has 1 aliphatic carbocycles. The van der Waals surface area contributed by atoms with Crippen LogP contribution in [0.4, 0.5) is 0 Å². The molecule has 2 atom stereocenters. The van der Waals surface area contributed by atoms with E-state index in [4.69, 9.17) is 0 Å². The van der Waals surface area contributed by atoms with Crippen molar-refractivity contribution >= 4 is 5.91 Å². The zero-order valence-electron chi connectivity index (χ0n) is 15.7. The molecule has 1 fully saturated rings. The van der Waals surface area contributed by atoms with E-state index in [2.05, 4.69) is 53.8 Å². The van der Waals surface area contributed by atoms with E-state index in [1.807, 2.05) is 16.9 Å². The van der Waals surface area contributed by atoms with E-state index in [-0.39, 0.29) is 17.4 Å². The van der Waals surface area contributed by atoms with Crippen LogP contribution in [0.25, 0.3) is 0 Å². The minimum atomic E-state index is -0.0812. The van der Waals surface area contributed by atoms with Gasteiger partial charge in [0.15, 0.2) is 0 Å². The molecule has 5 nitrogen and oxygen atoms in total. The van der Waals surface area contributed by atoms with Crippen molar-refractivity contribution in [3.63, 3.8) is 0 Å². The number of hydrogen-bond acceptors (Lipinski definition) is 3. The maximum absolute atomic E-state index is 12.9. The number of carbonyl (C=O) groups excluding carboxylic acids is 1. The molecular weight excluding hydrogens is 324 g/mol. The molecule has 1 aliphatic heterocycles. The van der Waals surface area contributed by atoms with Crippen molar-refractivity contribution in [2.45, 2.75) is 51.6 Å². The number of hydrogen-bond donors (Lipinski definition) is 2. The number of piperidine rings is 1. The molecular formula is C21H28N4O. The van der Waals surface area contributed by atoms with Crippen LogP contribution >= 0.6 is 0 Å². The van der Waals surface area contributed by atoms with Gasteiger partial charge >= 0.3 is 0 Å². The van der Waals surface area contributed by atoms with Gasteiger partial charge < -0.3 is 10.6 Å². The fourth-order valence-electron chi connectivity index (χ4n) is 4.27. The number of aryl methyl sites for hydroxylation is 1. The Morgan fingerprint density at radius 2 is 2.15 bits per heavy atom. The fraction of sp³-hybridized carbons (Fsp3) is 0.524. The molecule has 1 amide bonds. The van der Waals surface area contributed by atoms with Gasteiger partial charge in [-0.05, 0) is 54.8 Å². The first-order valence-corrected chi connectivity index (χ1v) is 9.69. The highest BCUT2D eigenvalue weighted by Gasteiger charge is 2.37. The van der Waals surface area contributed by atoms with Gasteiger partial charge in [-0.1, -0.05) is 38.1 Å². The van der Waals surface area contributed by atoms with Crippen LogP contribution in [0.5, 0.6) is 0 Å². The van der Waals surface area contributed by atoms with Crippen LogP contribution in [0.3, 0.4) is 0 Å². The summed E-state index contributed by atoms with van der Waals surface area (Å²) in [5.41, 5.74) is 3.12. The number of carbonyl (C=O) groups is 1. The van der Waals surface area contributed by atoms with Crippen molar-refractivity contribution in [2.75, 3.05) is 13.1 Å². The Morgan fingerprint density at radius 3 is 2.96 bits per heavy atom. The molecule has 26 heavy (non-hydrogen) atoms. The van der Waals surface area contributed by atoms with Crippen molar-refractivity contribution in [2.24, 2.45) is 5.41 Å². The molecule has 5 heteroatoms. The Hall–Kier alpha value is -2.14. The molecule has 2 aliphatic rings. The SMILES string of the molecule is CC1(C)CCc2ccccc2C1NC(=O)c1ccn(C2CCCNC2)n1. The van der Waals surface area contributed by atoms with Crippen LogP contribution in [0.15, 0.2) is 36.5 Å². The van der Waals surface area contributed by atoms with E-state index in [1.165, 1.54) is 11.1 Å². The molecule has 0 saturated carbocycles. The smallest absolute Gasteiger partial charge is 0.272 e.